The first-order valence-corrected chi connectivity index (χ1v) is 14.6. The van der Waals surface area contributed by atoms with Crippen molar-refractivity contribution in [2.24, 2.45) is 0 Å². The summed E-state index contributed by atoms with van der Waals surface area (Å²) in [4.78, 5) is 12.8. The third kappa shape index (κ3) is 7.40. The molecule has 0 bridgehead atoms. The Bertz CT molecular complexity index is 1320. The molecular formula is C29H33N3O4S2. The highest BCUT2D eigenvalue weighted by Crippen LogP contribution is 2.27. The number of carbonyl (C=O) groups excluding carboxylic acids is 1. The van der Waals surface area contributed by atoms with Gasteiger partial charge in [-0.25, -0.2) is 8.42 Å². The number of sulfonamides is 1. The van der Waals surface area contributed by atoms with Gasteiger partial charge in [0.05, 0.1) is 11.5 Å². The molecule has 2 N–H and O–H groups in total. The predicted octanol–water partition coefficient (Wildman–Crippen LogP) is 5.39. The summed E-state index contributed by atoms with van der Waals surface area (Å²) in [5.74, 6) is 0.328. The fraction of sp³-hybridized carbons (Fsp3) is 0.310. The average molecular weight is 552 g/mol. The number of nitrogens with one attached hydrogen (secondary N) is 2. The van der Waals surface area contributed by atoms with Crippen molar-refractivity contribution in [3.8, 4) is 5.75 Å². The minimum atomic E-state index is -3.57. The first-order chi connectivity index (χ1) is 18.3. The van der Waals surface area contributed by atoms with Gasteiger partial charge in [0.1, 0.15) is 5.75 Å². The third-order valence-corrected chi connectivity index (χ3v) is 8.85. The zero-order chi connectivity index (χ0) is 27.0. The first kappa shape index (κ1) is 27.8. The van der Waals surface area contributed by atoms with Crippen LogP contribution in [0.4, 0.5) is 5.69 Å². The van der Waals surface area contributed by atoms with Crippen LogP contribution >= 0.6 is 12.2 Å². The van der Waals surface area contributed by atoms with E-state index in [0.717, 1.165) is 38.5 Å². The Kier molecular flexibility index (Phi) is 9.49. The molecule has 38 heavy (non-hydrogen) atoms. The van der Waals surface area contributed by atoms with Crippen LogP contribution in [0, 0.1) is 0 Å². The number of hydrogen-bond donors (Lipinski definition) is 2. The van der Waals surface area contributed by atoms with E-state index in [0.29, 0.717) is 23.6 Å². The highest BCUT2D eigenvalue weighted by Gasteiger charge is 2.28. The first-order valence-electron chi connectivity index (χ1n) is 12.8. The molecule has 7 nitrogen and oxygen atoms in total. The SMILES string of the molecule is CN(C1CCCCC1)S(=O)(=O)c1ccc(NC(=S)NC(=O)c2ccc(OCCc3ccccc3)cc2)cc1. The summed E-state index contributed by atoms with van der Waals surface area (Å²) in [5.41, 5.74) is 2.22. The molecule has 0 spiro atoms. The van der Waals surface area contributed by atoms with Gasteiger partial charge in [0.15, 0.2) is 5.11 Å². The zero-order valence-electron chi connectivity index (χ0n) is 21.4. The van der Waals surface area contributed by atoms with Crippen LogP contribution < -0.4 is 15.4 Å². The fourth-order valence-electron chi connectivity index (χ4n) is 4.49. The molecule has 1 aliphatic carbocycles. The van der Waals surface area contributed by atoms with Crippen molar-refractivity contribution in [2.45, 2.75) is 49.5 Å². The van der Waals surface area contributed by atoms with E-state index in [1.807, 2.05) is 18.2 Å². The van der Waals surface area contributed by atoms with Crippen molar-refractivity contribution in [1.29, 1.82) is 0 Å². The lowest BCUT2D eigenvalue weighted by Crippen LogP contribution is -2.38. The molecular weight excluding hydrogens is 518 g/mol. The number of ether oxygens (including phenoxy) is 1. The van der Waals surface area contributed by atoms with Gasteiger partial charge in [-0.3, -0.25) is 10.1 Å². The Balaban J connectivity index is 1.26. The van der Waals surface area contributed by atoms with Crippen LogP contribution in [-0.2, 0) is 16.4 Å². The number of carbonyl (C=O) groups is 1. The van der Waals surface area contributed by atoms with Crippen molar-refractivity contribution >= 4 is 38.9 Å². The van der Waals surface area contributed by atoms with Crippen LogP contribution in [0.25, 0.3) is 0 Å². The van der Waals surface area contributed by atoms with E-state index < -0.39 is 10.0 Å². The number of anilines is 1. The highest BCUT2D eigenvalue weighted by molar-refractivity contribution is 7.89. The number of rotatable bonds is 9. The van der Waals surface area contributed by atoms with Crippen molar-refractivity contribution in [1.82, 2.24) is 9.62 Å². The van der Waals surface area contributed by atoms with E-state index in [9.17, 15) is 13.2 Å². The summed E-state index contributed by atoms with van der Waals surface area (Å²) in [6.45, 7) is 0.542. The van der Waals surface area contributed by atoms with Crippen LogP contribution in [0.1, 0.15) is 48.0 Å². The van der Waals surface area contributed by atoms with Crippen molar-refractivity contribution in [3.05, 3.63) is 90.0 Å². The normalized spacial score (nSPS) is 14.2. The molecule has 0 aromatic heterocycles. The van der Waals surface area contributed by atoms with E-state index in [4.69, 9.17) is 17.0 Å². The molecule has 1 aliphatic rings. The Morgan fingerprint density at radius 3 is 2.26 bits per heavy atom. The largest absolute Gasteiger partial charge is 0.493 e. The van der Waals surface area contributed by atoms with Gasteiger partial charge in [-0.05, 0) is 79.2 Å². The molecule has 1 amide bonds. The van der Waals surface area contributed by atoms with Crippen LogP contribution in [0.3, 0.4) is 0 Å². The highest BCUT2D eigenvalue weighted by atomic mass is 32.2. The molecule has 9 heteroatoms. The summed E-state index contributed by atoms with van der Waals surface area (Å²) in [6, 6.07) is 23.4. The Morgan fingerprint density at radius 1 is 0.947 bits per heavy atom. The average Bonchev–Trinajstić information content (AvgIpc) is 2.94. The van der Waals surface area contributed by atoms with Gasteiger partial charge in [-0.15, -0.1) is 0 Å². The maximum absolute atomic E-state index is 13.0. The molecule has 4 rings (SSSR count). The molecule has 0 aliphatic heterocycles. The Labute approximate surface area is 230 Å². The molecule has 0 atom stereocenters. The predicted molar refractivity (Wildman–Crippen MR) is 154 cm³/mol. The lowest BCUT2D eigenvalue weighted by molar-refractivity contribution is 0.0977. The van der Waals surface area contributed by atoms with Crippen LogP contribution in [0.2, 0.25) is 0 Å². The summed E-state index contributed by atoms with van der Waals surface area (Å²) >= 11 is 5.28. The summed E-state index contributed by atoms with van der Waals surface area (Å²) in [7, 11) is -1.91. The van der Waals surface area contributed by atoms with E-state index in [1.165, 1.54) is 9.87 Å². The number of benzene rings is 3. The van der Waals surface area contributed by atoms with Crippen LogP contribution in [0.15, 0.2) is 83.8 Å². The molecule has 1 saturated carbocycles. The molecule has 3 aromatic carbocycles. The minimum Gasteiger partial charge on any atom is -0.493 e. The van der Waals surface area contributed by atoms with Gasteiger partial charge in [0, 0.05) is 30.8 Å². The second-order valence-electron chi connectivity index (χ2n) is 9.35. The molecule has 0 radical (unpaired) electrons. The smallest absolute Gasteiger partial charge is 0.257 e. The van der Waals surface area contributed by atoms with E-state index in [2.05, 4.69) is 22.8 Å². The number of hydrogen-bond acceptors (Lipinski definition) is 5. The molecule has 3 aromatic rings. The number of nitrogens with zero attached hydrogens (tertiary/aromatic N) is 1. The summed E-state index contributed by atoms with van der Waals surface area (Å²) in [6.07, 6.45) is 5.87. The second kappa shape index (κ2) is 13.0. The van der Waals surface area contributed by atoms with Gasteiger partial charge in [0.25, 0.3) is 5.91 Å². The Morgan fingerprint density at radius 2 is 1.61 bits per heavy atom. The van der Waals surface area contributed by atoms with Crippen molar-refractivity contribution in [3.63, 3.8) is 0 Å². The monoisotopic (exact) mass is 551 g/mol. The quantitative estimate of drug-likeness (QED) is 0.347. The van der Waals surface area contributed by atoms with Gasteiger partial charge < -0.3 is 10.1 Å². The topological polar surface area (TPSA) is 87.7 Å². The number of amides is 1. The molecule has 0 unspecified atom stereocenters. The van der Waals surface area contributed by atoms with Gasteiger partial charge in [-0.2, -0.15) is 4.31 Å². The molecule has 0 heterocycles. The minimum absolute atomic E-state index is 0.0456. The molecule has 1 fully saturated rings. The molecule has 200 valence electrons. The maximum atomic E-state index is 13.0. The van der Waals surface area contributed by atoms with Crippen LogP contribution in [-0.4, -0.2) is 43.4 Å². The van der Waals surface area contributed by atoms with Crippen molar-refractivity contribution < 1.29 is 17.9 Å². The lowest BCUT2D eigenvalue weighted by Gasteiger charge is -2.30. The van der Waals surface area contributed by atoms with Gasteiger partial charge in [-0.1, -0.05) is 49.6 Å². The summed E-state index contributed by atoms with van der Waals surface area (Å²) < 4.78 is 33.3. The maximum Gasteiger partial charge on any atom is 0.257 e. The zero-order valence-corrected chi connectivity index (χ0v) is 23.1. The van der Waals surface area contributed by atoms with E-state index >= 15 is 0 Å². The number of thiocarbonyl (C=S) groups is 1. The summed E-state index contributed by atoms with van der Waals surface area (Å²) in [5, 5.41) is 5.70. The standard InChI is InChI=1S/C29H33N3O4S2/c1-32(25-10-6-3-7-11-25)38(34,35)27-18-14-24(15-19-27)30-29(37)31-28(33)23-12-16-26(17-13-23)36-21-20-22-8-4-2-5-9-22/h2,4-5,8-9,12-19,25H,3,6-7,10-11,20-21H2,1H3,(H2,30,31,33,37). The Hall–Kier alpha value is -3.27. The van der Waals surface area contributed by atoms with Gasteiger partial charge in [0.2, 0.25) is 10.0 Å². The third-order valence-electron chi connectivity index (χ3n) is 6.72. The fourth-order valence-corrected chi connectivity index (χ4v) is 6.12. The van der Waals surface area contributed by atoms with Gasteiger partial charge >= 0.3 is 0 Å². The van der Waals surface area contributed by atoms with E-state index in [-0.39, 0.29) is 22.0 Å². The molecule has 0 saturated heterocycles. The van der Waals surface area contributed by atoms with E-state index in [1.54, 1.807) is 55.6 Å². The van der Waals surface area contributed by atoms with Crippen molar-refractivity contribution in [2.75, 3.05) is 19.0 Å². The lowest BCUT2D eigenvalue weighted by atomic mass is 9.96. The van der Waals surface area contributed by atoms with Crippen LogP contribution in [0.5, 0.6) is 5.75 Å². The second-order valence-corrected chi connectivity index (χ2v) is 11.8.